The Morgan fingerprint density at radius 3 is 2.60 bits per heavy atom. The van der Waals surface area contributed by atoms with Gasteiger partial charge in [0.1, 0.15) is 5.84 Å². The highest BCUT2D eigenvalue weighted by Gasteiger charge is 2.48. The Labute approximate surface area is 143 Å². The summed E-state index contributed by atoms with van der Waals surface area (Å²) < 4.78 is 34.8. The number of fused-ring (bicyclic) bond motifs is 2. The van der Waals surface area contributed by atoms with Crippen LogP contribution in [0.25, 0.3) is 0 Å². The Kier molecular flexibility index (Phi) is 4.45. The molecule has 0 aromatic heterocycles. The highest BCUT2D eigenvalue weighted by atomic mass is 32.3. The number of urea groups is 1. The zero-order valence-electron chi connectivity index (χ0n) is 13.0. The highest BCUT2D eigenvalue weighted by molar-refractivity contribution is 7.80. The van der Waals surface area contributed by atoms with E-state index < -0.39 is 34.4 Å². The third kappa shape index (κ3) is 3.62. The molecule has 2 aliphatic heterocycles. The lowest BCUT2D eigenvalue weighted by molar-refractivity contribution is -0.0316. The smallest absolute Gasteiger partial charge is 0.310 e. The van der Waals surface area contributed by atoms with Gasteiger partial charge < -0.3 is 10.2 Å². The van der Waals surface area contributed by atoms with E-state index in [1.54, 1.807) is 30.3 Å². The molecule has 0 saturated carbocycles. The molecule has 10 nitrogen and oxygen atoms in total. The number of benzene rings is 1. The lowest BCUT2D eigenvalue weighted by Crippen LogP contribution is -2.50. The minimum Gasteiger partial charge on any atom is -0.310 e. The standard InChI is InChI=1S/C14H16N4O6S/c15-12(16-13(19)9-4-2-1-3-5-9)11-7-6-10-8-17(11)14(20)18(10)24-25(21,22)23/h1-5,10-11H,6-8H2,(H2,15,16,19)(H,21,22,23). The van der Waals surface area contributed by atoms with Gasteiger partial charge in [-0.3, -0.25) is 14.8 Å². The number of nitrogens with one attached hydrogen (secondary N) is 2. The SMILES string of the molecule is N=C(NC(=O)c1ccccc1)C1CCC2CN1C(=O)N2OS(=O)(=O)O. The number of hydrogen-bond donors (Lipinski definition) is 3. The van der Waals surface area contributed by atoms with E-state index in [2.05, 4.69) is 9.60 Å². The van der Waals surface area contributed by atoms with Crippen molar-refractivity contribution < 1.29 is 26.8 Å². The van der Waals surface area contributed by atoms with Crippen LogP contribution in [0.1, 0.15) is 23.2 Å². The second kappa shape index (κ2) is 6.43. The van der Waals surface area contributed by atoms with Crippen molar-refractivity contribution in [3.05, 3.63) is 35.9 Å². The fraction of sp³-hybridized carbons (Fsp3) is 0.357. The van der Waals surface area contributed by atoms with Gasteiger partial charge in [0.25, 0.3) is 5.91 Å². The van der Waals surface area contributed by atoms with Crippen molar-refractivity contribution >= 4 is 28.2 Å². The summed E-state index contributed by atoms with van der Waals surface area (Å²) in [5.74, 6) is -0.625. The van der Waals surface area contributed by atoms with E-state index >= 15 is 0 Å². The van der Waals surface area contributed by atoms with Crippen molar-refractivity contribution in [3.8, 4) is 0 Å². The van der Waals surface area contributed by atoms with Crippen LogP contribution >= 0.6 is 0 Å². The molecule has 2 atom stereocenters. The van der Waals surface area contributed by atoms with Crippen LogP contribution < -0.4 is 5.32 Å². The maximum Gasteiger partial charge on any atom is 0.418 e. The monoisotopic (exact) mass is 368 g/mol. The van der Waals surface area contributed by atoms with Gasteiger partial charge in [-0.25, -0.2) is 4.79 Å². The molecular formula is C14H16N4O6S. The van der Waals surface area contributed by atoms with Gasteiger partial charge in [-0.2, -0.15) is 13.5 Å². The second-order valence-electron chi connectivity index (χ2n) is 5.74. The van der Waals surface area contributed by atoms with Crippen LogP contribution in [0.2, 0.25) is 0 Å². The molecule has 3 N–H and O–H groups in total. The lowest BCUT2D eigenvalue weighted by Gasteiger charge is -2.30. The summed E-state index contributed by atoms with van der Waals surface area (Å²) in [4.78, 5) is 25.7. The van der Waals surface area contributed by atoms with Crippen molar-refractivity contribution in [2.24, 2.45) is 0 Å². The van der Waals surface area contributed by atoms with E-state index in [4.69, 9.17) is 9.96 Å². The molecule has 0 radical (unpaired) electrons. The van der Waals surface area contributed by atoms with Crippen molar-refractivity contribution in [1.82, 2.24) is 15.3 Å². The second-order valence-corrected chi connectivity index (χ2v) is 6.75. The Morgan fingerprint density at radius 1 is 1.28 bits per heavy atom. The maximum atomic E-state index is 12.3. The average Bonchev–Trinajstić information content (AvgIpc) is 2.79. The summed E-state index contributed by atoms with van der Waals surface area (Å²) in [5.41, 5.74) is 0.380. The van der Waals surface area contributed by atoms with Gasteiger partial charge in [0.05, 0.1) is 12.1 Å². The third-order valence-corrected chi connectivity index (χ3v) is 4.46. The van der Waals surface area contributed by atoms with Crippen molar-refractivity contribution in [3.63, 3.8) is 0 Å². The van der Waals surface area contributed by atoms with Gasteiger partial charge in [0, 0.05) is 12.1 Å². The lowest BCUT2D eigenvalue weighted by atomic mass is 10.00. The van der Waals surface area contributed by atoms with Crippen LogP contribution in [0.15, 0.2) is 30.3 Å². The number of amidine groups is 1. The Morgan fingerprint density at radius 2 is 1.96 bits per heavy atom. The summed E-state index contributed by atoms with van der Waals surface area (Å²) in [6, 6.07) is 6.33. The van der Waals surface area contributed by atoms with Crippen molar-refractivity contribution in [2.45, 2.75) is 24.9 Å². The number of rotatable bonds is 4. The van der Waals surface area contributed by atoms with Crippen molar-refractivity contribution in [1.29, 1.82) is 5.41 Å². The molecule has 3 rings (SSSR count). The van der Waals surface area contributed by atoms with Crippen LogP contribution in [-0.2, 0) is 14.7 Å². The molecule has 2 bridgehead atoms. The molecule has 2 saturated heterocycles. The first-order valence-corrected chi connectivity index (χ1v) is 8.84. The van der Waals surface area contributed by atoms with E-state index in [-0.39, 0.29) is 12.4 Å². The number of carbonyl (C=O) groups excluding carboxylic acids is 2. The predicted octanol–water partition coefficient (Wildman–Crippen LogP) is 0.397. The summed E-state index contributed by atoms with van der Waals surface area (Å²) in [7, 11) is -4.82. The molecule has 1 aromatic rings. The van der Waals surface area contributed by atoms with Gasteiger partial charge >= 0.3 is 16.4 Å². The topological polar surface area (TPSA) is 140 Å². The number of carbonyl (C=O) groups is 2. The third-order valence-electron chi connectivity index (χ3n) is 4.11. The molecule has 0 spiro atoms. The first-order chi connectivity index (χ1) is 11.8. The van der Waals surface area contributed by atoms with Gasteiger partial charge in [-0.1, -0.05) is 18.2 Å². The Hall–Kier alpha value is -2.50. The van der Waals surface area contributed by atoms with Crippen molar-refractivity contribution in [2.75, 3.05) is 6.54 Å². The zero-order chi connectivity index (χ0) is 18.2. The predicted molar refractivity (Wildman–Crippen MR) is 85.0 cm³/mol. The van der Waals surface area contributed by atoms with Crippen LogP contribution in [0.5, 0.6) is 0 Å². The summed E-state index contributed by atoms with van der Waals surface area (Å²) in [6.07, 6.45) is 0.724. The van der Waals surface area contributed by atoms with Gasteiger partial charge in [0.2, 0.25) is 0 Å². The fourth-order valence-electron chi connectivity index (χ4n) is 3.00. The van der Waals surface area contributed by atoms with E-state index in [1.807, 2.05) is 0 Å². The number of hydrogen-bond acceptors (Lipinski definition) is 6. The van der Waals surface area contributed by atoms with Crippen LogP contribution in [0, 0.1) is 5.41 Å². The van der Waals surface area contributed by atoms with E-state index in [1.165, 1.54) is 4.90 Å². The van der Waals surface area contributed by atoms with Crippen LogP contribution in [0.3, 0.4) is 0 Å². The quantitative estimate of drug-likeness (QED) is 0.399. The number of amides is 3. The minimum atomic E-state index is -4.82. The average molecular weight is 368 g/mol. The first kappa shape index (κ1) is 17.3. The normalized spacial score (nSPS) is 22.8. The number of hydroxylamine groups is 2. The molecule has 3 amide bonds. The summed E-state index contributed by atoms with van der Waals surface area (Å²) in [5, 5.41) is 11.2. The van der Waals surface area contributed by atoms with Crippen LogP contribution in [-0.4, -0.2) is 59.3 Å². The molecule has 25 heavy (non-hydrogen) atoms. The van der Waals surface area contributed by atoms with E-state index in [9.17, 15) is 18.0 Å². The van der Waals surface area contributed by atoms with E-state index in [0.717, 1.165) is 0 Å². The van der Waals surface area contributed by atoms with Gasteiger partial charge in [0.15, 0.2) is 0 Å². The fourth-order valence-corrected chi connectivity index (χ4v) is 3.39. The largest absolute Gasteiger partial charge is 0.418 e. The summed E-state index contributed by atoms with van der Waals surface area (Å²) in [6.45, 7) is 0.141. The maximum absolute atomic E-state index is 12.3. The number of piperidine rings is 1. The first-order valence-electron chi connectivity index (χ1n) is 7.48. The molecule has 2 unspecified atom stereocenters. The van der Waals surface area contributed by atoms with Crippen LogP contribution in [0.4, 0.5) is 4.79 Å². The van der Waals surface area contributed by atoms with Gasteiger partial charge in [-0.05, 0) is 25.0 Å². The summed E-state index contributed by atoms with van der Waals surface area (Å²) >= 11 is 0. The number of nitrogens with zero attached hydrogens (tertiary/aromatic N) is 2. The zero-order valence-corrected chi connectivity index (χ0v) is 13.8. The van der Waals surface area contributed by atoms with Gasteiger partial charge in [-0.15, -0.1) is 4.28 Å². The molecular weight excluding hydrogens is 352 g/mol. The Bertz CT molecular complexity index is 812. The Balaban J connectivity index is 1.69. The molecule has 11 heteroatoms. The minimum absolute atomic E-state index is 0.141. The van der Waals surface area contributed by atoms with E-state index in [0.29, 0.717) is 23.5 Å². The molecule has 2 aliphatic rings. The molecule has 134 valence electrons. The molecule has 0 aliphatic carbocycles. The molecule has 1 aromatic carbocycles. The highest BCUT2D eigenvalue weighted by Crippen LogP contribution is 2.30. The molecule has 2 heterocycles. The molecule has 2 fully saturated rings.